The molecule has 0 bridgehead atoms. The molecule has 0 radical (unpaired) electrons. The first-order valence-electron chi connectivity index (χ1n) is 5.76. The molecule has 2 fully saturated rings. The van der Waals surface area contributed by atoms with Crippen molar-refractivity contribution in [2.24, 2.45) is 5.92 Å². The van der Waals surface area contributed by atoms with Crippen LogP contribution in [0, 0.1) is 5.92 Å². The van der Waals surface area contributed by atoms with Crippen molar-refractivity contribution in [3.8, 4) is 0 Å². The SMILES string of the molecule is CC1C(C(=O)O)CCN1C(=O)[C@@H]1CCCO1. The summed E-state index contributed by atoms with van der Waals surface area (Å²) in [4.78, 5) is 24.6. The van der Waals surface area contributed by atoms with Gasteiger partial charge in [0.25, 0.3) is 5.91 Å². The summed E-state index contributed by atoms with van der Waals surface area (Å²) in [6.07, 6.45) is 1.89. The summed E-state index contributed by atoms with van der Waals surface area (Å²) in [5, 5.41) is 8.98. The summed E-state index contributed by atoms with van der Waals surface area (Å²) in [7, 11) is 0. The highest BCUT2D eigenvalue weighted by Gasteiger charge is 2.40. The lowest BCUT2D eigenvalue weighted by Crippen LogP contribution is -2.43. The van der Waals surface area contributed by atoms with Crippen LogP contribution in [0.15, 0.2) is 0 Å². The summed E-state index contributed by atoms with van der Waals surface area (Å²) in [6, 6.07) is -0.214. The van der Waals surface area contributed by atoms with Crippen molar-refractivity contribution in [3.05, 3.63) is 0 Å². The minimum Gasteiger partial charge on any atom is -0.481 e. The Balaban J connectivity index is 2.00. The Kier molecular flexibility index (Phi) is 3.14. The first-order chi connectivity index (χ1) is 7.61. The molecule has 0 aromatic heterocycles. The number of likely N-dealkylation sites (tertiary alicyclic amines) is 1. The molecular weight excluding hydrogens is 210 g/mol. The van der Waals surface area contributed by atoms with E-state index in [1.54, 1.807) is 11.8 Å². The fraction of sp³-hybridized carbons (Fsp3) is 0.818. The summed E-state index contributed by atoms with van der Waals surface area (Å²) in [6.45, 7) is 2.98. The molecule has 2 rings (SSSR count). The maximum absolute atomic E-state index is 12.0. The topological polar surface area (TPSA) is 66.8 Å². The number of carboxylic acids is 1. The molecule has 5 nitrogen and oxygen atoms in total. The van der Waals surface area contributed by atoms with E-state index in [4.69, 9.17) is 9.84 Å². The van der Waals surface area contributed by atoms with Gasteiger partial charge >= 0.3 is 5.97 Å². The summed E-state index contributed by atoms with van der Waals surface area (Å²) >= 11 is 0. The average Bonchev–Trinajstić information content (AvgIpc) is 2.84. The molecule has 1 amide bonds. The van der Waals surface area contributed by atoms with Crippen molar-refractivity contribution in [2.45, 2.75) is 38.3 Å². The molecule has 5 heteroatoms. The zero-order valence-corrected chi connectivity index (χ0v) is 9.39. The largest absolute Gasteiger partial charge is 0.481 e. The maximum atomic E-state index is 12.0. The smallest absolute Gasteiger partial charge is 0.308 e. The molecule has 2 unspecified atom stereocenters. The molecular formula is C11H17NO4. The highest BCUT2D eigenvalue weighted by Crippen LogP contribution is 2.27. The Morgan fingerprint density at radius 3 is 2.62 bits per heavy atom. The van der Waals surface area contributed by atoms with Crippen molar-refractivity contribution < 1.29 is 19.4 Å². The highest BCUT2D eigenvalue weighted by atomic mass is 16.5. The van der Waals surface area contributed by atoms with Gasteiger partial charge in [-0.15, -0.1) is 0 Å². The zero-order chi connectivity index (χ0) is 11.7. The van der Waals surface area contributed by atoms with Gasteiger partial charge in [-0.1, -0.05) is 0 Å². The van der Waals surface area contributed by atoms with Gasteiger partial charge in [-0.25, -0.2) is 0 Å². The van der Waals surface area contributed by atoms with Gasteiger partial charge in [0.2, 0.25) is 0 Å². The quantitative estimate of drug-likeness (QED) is 0.745. The Morgan fingerprint density at radius 1 is 1.38 bits per heavy atom. The van der Waals surface area contributed by atoms with E-state index in [0.717, 1.165) is 12.8 Å². The van der Waals surface area contributed by atoms with Crippen LogP contribution < -0.4 is 0 Å². The minimum absolute atomic E-state index is 0.0336. The fourth-order valence-corrected chi connectivity index (χ4v) is 2.54. The van der Waals surface area contributed by atoms with Crippen molar-refractivity contribution in [3.63, 3.8) is 0 Å². The average molecular weight is 227 g/mol. The molecule has 16 heavy (non-hydrogen) atoms. The third kappa shape index (κ3) is 1.91. The normalized spacial score (nSPS) is 34.3. The number of nitrogens with zero attached hydrogens (tertiary/aromatic N) is 1. The number of ether oxygens (including phenoxy) is 1. The predicted molar refractivity (Wildman–Crippen MR) is 55.9 cm³/mol. The molecule has 0 aromatic rings. The molecule has 3 atom stereocenters. The van der Waals surface area contributed by atoms with Crippen LogP contribution in [0.1, 0.15) is 26.2 Å². The van der Waals surface area contributed by atoms with Crippen LogP contribution >= 0.6 is 0 Å². The lowest BCUT2D eigenvalue weighted by atomic mass is 10.0. The first-order valence-corrected chi connectivity index (χ1v) is 5.76. The molecule has 2 aliphatic rings. The molecule has 0 aliphatic carbocycles. The highest BCUT2D eigenvalue weighted by molar-refractivity contribution is 5.83. The number of carboxylic acid groups (broad SMARTS) is 1. The number of hydrogen-bond acceptors (Lipinski definition) is 3. The second kappa shape index (κ2) is 4.41. The Morgan fingerprint density at radius 2 is 2.12 bits per heavy atom. The number of amides is 1. The molecule has 0 spiro atoms. The lowest BCUT2D eigenvalue weighted by Gasteiger charge is -2.25. The van der Waals surface area contributed by atoms with Crippen molar-refractivity contribution >= 4 is 11.9 Å². The number of aliphatic carboxylic acids is 1. The van der Waals surface area contributed by atoms with Gasteiger partial charge in [0.15, 0.2) is 0 Å². The van der Waals surface area contributed by atoms with E-state index in [-0.39, 0.29) is 18.1 Å². The van der Waals surface area contributed by atoms with Crippen molar-refractivity contribution in [2.75, 3.05) is 13.2 Å². The summed E-state index contributed by atoms with van der Waals surface area (Å²) in [5.74, 6) is -1.27. The minimum atomic E-state index is -0.810. The van der Waals surface area contributed by atoms with Gasteiger partial charge in [-0.3, -0.25) is 9.59 Å². The molecule has 0 saturated carbocycles. The number of carbonyl (C=O) groups excluding carboxylic acids is 1. The van der Waals surface area contributed by atoms with E-state index in [0.29, 0.717) is 19.6 Å². The van der Waals surface area contributed by atoms with E-state index in [1.807, 2.05) is 0 Å². The maximum Gasteiger partial charge on any atom is 0.308 e. The van der Waals surface area contributed by atoms with Crippen LogP contribution in [-0.4, -0.2) is 47.2 Å². The molecule has 2 heterocycles. The zero-order valence-electron chi connectivity index (χ0n) is 9.39. The van der Waals surface area contributed by atoms with Gasteiger partial charge in [0, 0.05) is 19.2 Å². The van der Waals surface area contributed by atoms with Crippen molar-refractivity contribution in [1.29, 1.82) is 0 Å². The van der Waals surface area contributed by atoms with E-state index < -0.39 is 11.9 Å². The molecule has 2 saturated heterocycles. The van der Waals surface area contributed by atoms with Gasteiger partial charge < -0.3 is 14.7 Å². The number of hydrogen-bond donors (Lipinski definition) is 1. The van der Waals surface area contributed by atoms with Crippen LogP contribution in [0.25, 0.3) is 0 Å². The van der Waals surface area contributed by atoms with Gasteiger partial charge in [-0.05, 0) is 26.2 Å². The number of rotatable bonds is 2. The first kappa shape index (κ1) is 11.4. The standard InChI is InChI=1S/C11H17NO4/c1-7-8(11(14)15)4-5-12(7)10(13)9-3-2-6-16-9/h7-9H,2-6H2,1H3,(H,14,15)/t7?,8?,9-/m0/s1. The Bertz CT molecular complexity index is 298. The van der Waals surface area contributed by atoms with Crippen LogP contribution in [0.2, 0.25) is 0 Å². The summed E-state index contributed by atoms with van der Waals surface area (Å²) < 4.78 is 5.33. The predicted octanol–water partition coefficient (Wildman–Crippen LogP) is 0.487. The Hall–Kier alpha value is -1.10. The van der Waals surface area contributed by atoms with Crippen LogP contribution in [0.5, 0.6) is 0 Å². The molecule has 90 valence electrons. The molecule has 0 aromatic carbocycles. The molecule has 2 aliphatic heterocycles. The van der Waals surface area contributed by atoms with E-state index >= 15 is 0 Å². The van der Waals surface area contributed by atoms with Crippen LogP contribution in [0.4, 0.5) is 0 Å². The second-order valence-corrected chi connectivity index (χ2v) is 4.51. The summed E-state index contributed by atoms with van der Waals surface area (Å²) in [5.41, 5.74) is 0. The Labute approximate surface area is 94.4 Å². The third-order valence-electron chi connectivity index (χ3n) is 3.56. The van der Waals surface area contributed by atoms with Gasteiger partial charge in [-0.2, -0.15) is 0 Å². The van der Waals surface area contributed by atoms with Gasteiger partial charge in [0.1, 0.15) is 6.10 Å². The van der Waals surface area contributed by atoms with Crippen LogP contribution in [0.3, 0.4) is 0 Å². The second-order valence-electron chi connectivity index (χ2n) is 4.51. The monoisotopic (exact) mass is 227 g/mol. The van der Waals surface area contributed by atoms with Gasteiger partial charge in [0.05, 0.1) is 5.92 Å². The molecule has 1 N–H and O–H groups in total. The fourth-order valence-electron chi connectivity index (χ4n) is 2.54. The third-order valence-corrected chi connectivity index (χ3v) is 3.56. The van der Waals surface area contributed by atoms with E-state index in [2.05, 4.69) is 0 Å². The van der Waals surface area contributed by atoms with Crippen molar-refractivity contribution in [1.82, 2.24) is 4.90 Å². The van der Waals surface area contributed by atoms with E-state index in [1.165, 1.54) is 0 Å². The van der Waals surface area contributed by atoms with E-state index in [9.17, 15) is 9.59 Å². The number of carbonyl (C=O) groups is 2. The van der Waals surface area contributed by atoms with Crippen LogP contribution in [-0.2, 0) is 14.3 Å². The lowest BCUT2D eigenvalue weighted by molar-refractivity contribution is -0.145.